The highest BCUT2D eigenvalue weighted by molar-refractivity contribution is 7.89. The highest BCUT2D eigenvalue weighted by Gasteiger charge is 2.35. The SMILES string of the molecule is Cc1cc(F)ccc1S(=O)(=O)N1CCC(n2cc(C3CC3)nn2)C1. The maximum absolute atomic E-state index is 13.2. The summed E-state index contributed by atoms with van der Waals surface area (Å²) in [7, 11) is -3.62. The molecule has 0 N–H and O–H groups in total. The van der Waals surface area contributed by atoms with Crippen molar-refractivity contribution in [2.24, 2.45) is 0 Å². The van der Waals surface area contributed by atoms with Gasteiger partial charge in [-0.25, -0.2) is 17.5 Å². The Balaban J connectivity index is 1.54. The van der Waals surface area contributed by atoms with Crippen molar-refractivity contribution in [3.05, 3.63) is 41.5 Å². The molecule has 2 aliphatic rings. The molecule has 1 aliphatic heterocycles. The van der Waals surface area contributed by atoms with Crippen LogP contribution in [0.2, 0.25) is 0 Å². The third-order valence-electron chi connectivity index (χ3n) is 4.78. The minimum absolute atomic E-state index is 0.000490. The Bertz CT molecular complexity index is 876. The second kappa shape index (κ2) is 5.63. The molecule has 2 aromatic rings. The van der Waals surface area contributed by atoms with Gasteiger partial charge in [0.15, 0.2) is 0 Å². The van der Waals surface area contributed by atoms with E-state index in [2.05, 4.69) is 10.3 Å². The van der Waals surface area contributed by atoms with Crippen molar-refractivity contribution in [3.8, 4) is 0 Å². The first-order valence-corrected chi connectivity index (χ1v) is 9.57. The molecule has 0 spiro atoms. The number of nitrogens with zero attached hydrogens (tertiary/aromatic N) is 4. The number of hydrogen-bond donors (Lipinski definition) is 0. The largest absolute Gasteiger partial charge is 0.248 e. The highest BCUT2D eigenvalue weighted by atomic mass is 32.2. The Morgan fingerprint density at radius 2 is 2.04 bits per heavy atom. The maximum Gasteiger partial charge on any atom is 0.243 e. The van der Waals surface area contributed by atoms with Crippen LogP contribution in [0.1, 0.15) is 42.5 Å². The number of hydrogen-bond acceptors (Lipinski definition) is 4. The minimum Gasteiger partial charge on any atom is -0.248 e. The molecule has 0 amide bonds. The van der Waals surface area contributed by atoms with Gasteiger partial charge in [0.2, 0.25) is 10.0 Å². The van der Waals surface area contributed by atoms with Crippen molar-refractivity contribution < 1.29 is 12.8 Å². The lowest BCUT2D eigenvalue weighted by atomic mass is 10.2. The first-order valence-electron chi connectivity index (χ1n) is 8.13. The second-order valence-corrected chi connectivity index (χ2v) is 8.52. The van der Waals surface area contributed by atoms with E-state index >= 15 is 0 Å². The second-order valence-electron chi connectivity index (χ2n) is 6.61. The van der Waals surface area contributed by atoms with Gasteiger partial charge in [-0.2, -0.15) is 4.31 Å². The van der Waals surface area contributed by atoms with Crippen molar-refractivity contribution in [2.45, 2.75) is 43.0 Å². The molecule has 1 atom stereocenters. The van der Waals surface area contributed by atoms with Crippen LogP contribution in [-0.2, 0) is 10.0 Å². The van der Waals surface area contributed by atoms with Crippen LogP contribution in [0.4, 0.5) is 4.39 Å². The van der Waals surface area contributed by atoms with Gasteiger partial charge in [-0.3, -0.25) is 0 Å². The third-order valence-corrected chi connectivity index (χ3v) is 6.80. The minimum atomic E-state index is -3.62. The molecule has 8 heteroatoms. The smallest absolute Gasteiger partial charge is 0.243 e. The van der Waals surface area contributed by atoms with E-state index in [4.69, 9.17) is 0 Å². The lowest BCUT2D eigenvalue weighted by molar-refractivity contribution is 0.428. The quantitative estimate of drug-likeness (QED) is 0.848. The molecular weight excluding hydrogens is 331 g/mol. The van der Waals surface area contributed by atoms with Crippen LogP contribution in [0, 0.1) is 12.7 Å². The van der Waals surface area contributed by atoms with Crippen molar-refractivity contribution in [1.29, 1.82) is 0 Å². The van der Waals surface area contributed by atoms with E-state index in [9.17, 15) is 12.8 Å². The van der Waals surface area contributed by atoms with Crippen LogP contribution in [0.3, 0.4) is 0 Å². The monoisotopic (exact) mass is 350 g/mol. The number of aromatic nitrogens is 3. The van der Waals surface area contributed by atoms with Crippen molar-refractivity contribution >= 4 is 10.0 Å². The maximum atomic E-state index is 13.2. The number of benzene rings is 1. The standard InChI is InChI=1S/C16H19FN4O2S/c1-11-8-13(17)4-5-16(11)24(22,23)20-7-6-14(9-20)21-10-15(18-19-21)12-2-3-12/h4-5,8,10,12,14H,2-3,6-7,9H2,1H3. The van der Waals surface area contributed by atoms with Crippen LogP contribution in [0.25, 0.3) is 0 Å². The summed E-state index contributed by atoms with van der Waals surface area (Å²) in [4.78, 5) is 0.168. The van der Waals surface area contributed by atoms with Gasteiger partial charge in [0.25, 0.3) is 0 Å². The summed E-state index contributed by atoms with van der Waals surface area (Å²) in [6.07, 6.45) is 4.97. The van der Waals surface area contributed by atoms with Crippen LogP contribution >= 0.6 is 0 Å². The zero-order chi connectivity index (χ0) is 16.9. The van der Waals surface area contributed by atoms with Gasteiger partial charge in [0.05, 0.1) is 16.6 Å². The normalized spacial score (nSPS) is 22.2. The number of halogens is 1. The number of sulfonamides is 1. The summed E-state index contributed by atoms with van der Waals surface area (Å²) in [6, 6.07) is 3.78. The Morgan fingerprint density at radius 1 is 1.25 bits per heavy atom. The van der Waals surface area contributed by atoms with Crippen molar-refractivity contribution in [1.82, 2.24) is 19.3 Å². The molecule has 0 radical (unpaired) electrons. The Kier molecular flexibility index (Phi) is 3.69. The fourth-order valence-corrected chi connectivity index (χ4v) is 4.92. The van der Waals surface area contributed by atoms with Crippen LogP contribution in [0.15, 0.2) is 29.3 Å². The Morgan fingerprint density at radius 3 is 2.75 bits per heavy atom. The molecule has 6 nitrogen and oxygen atoms in total. The molecule has 2 fully saturated rings. The predicted octanol–water partition coefficient (Wildman–Crippen LogP) is 2.24. The van der Waals surface area contributed by atoms with E-state index < -0.39 is 15.8 Å². The van der Waals surface area contributed by atoms with Gasteiger partial charge in [-0.1, -0.05) is 5.21 Å². The molecule has 1 aromatic carbocycles. The van der Waals surface area contributed by atoms with Gasteiger partial charge >= 0.3 is 0 Å². The molecule has 1 aliphatic carbocycles. The van der Waals surface area contributed by atoms with Crippen molar-refractivity contribution in [3.63, 3.8) is 0 Å². The zero-order valence-corrected chi connectivity index (χ0v) is 14.2. The van der Waals surface area contributed by atoms with E-state index in [0.29, 0.717) is 31.0 Å². The topological polar surface area (TPSA) is 68.1 Å². The van der Waals surface area contributed by atoms with Gasteiger partial charge < -0.3 is 0 Å². The van der Waals surface area contributed by atoms with Crippen molar-refractivity contribution in [2.75, 3.05) is 13.1 Å². The molecule has 4 rings (SSSR count). The zero-order valence-electron chi connectivity index (χ0n) is 13.4. The molecule has 24 heavy (non-hydrogen) atoms. The van der Waals surface area contributed by atoms with Gasteiger partial charge in [-0.15, -0.1) is 5.10 Å². The lowest BCUT2D eigenvalue weighted by Crippen LogP contribution is -2.30. The molecule has 1 aromatic heterocycles. The summed E-state index contributed by atoms with van der Waals surface area (Å²) in [6.45, 7) is 2.41. The lowest BCUT2D eigenvalue weighted by Gasteiger charge is -2.18. The van der Waals surface area contributed by atoms with Crippen LogP contribution < -0.4 is 0 Å². The first-order chi connectivity index (χ1) is 11.4. The van der Waals surface area contributed by atoms with Crippen LogP contribution in [0.5, 0.6) is 0 Å². The summed E-state index contributed by atoms with van der Waals surface area (Å²) in [5.74, 6) is 0.0998. The molecule has 0 bridgehead atoms. The molecule has 1 saturated heterocycles. The summed E-state index contributed by atoms with van der Waals surface area (Å²) in [5, 5.41) is 8.37. The third kappa shape index (κ3) is 2.73. The Labute approximate surface area is 140 Å². The van der Waals surface area contributed by atoms with E-state index in [1.54, 1.807) is 11.6 Å². The van der Waals surface area contributed by atoms with E-state index in [1.807, 2.05) is 6.20 Å². The molecule has 2 heterocycles. The average molecular weight is 350 g/mol. The molecule has 1 saturated carbocycles. The number of rotatable bonds is 4. The van der Waals surface area contributed by atoms with Gasteiger partial charge in [-0.05, 0) is 49.9 Å². The summed E-state index contributed by atoms with van der Waals surface area (Å²) < 4.78 is 42.1. The van der Waals surface area contributed by atoms with Crippen LogP contribution in [-0.4, -0.2) is 40.8 Å². The average Bonchev–Trinajstić information content (AvgIpc) is 3.07. The molecule has 128 valence electrons. The fraction of sp³-hybridized carbons (Fsp3) is 0.500. The summed E-state index contributed by atoms with van der Waals surface area (Å²) in [5.41, 5.74) is 1.43. The Hall–Kier alpha value is -1.80. The molecular formula is C16H19FN4O2S. The molecule has 1 unspecified atom stereocenters. The van der Waals surface area contributed by atoms with E-state index in [1.165, 1.54) is 22.5 Å². The number of aryl methyl sites for hydroxylation is 1. The highest BCUT2D eigenvalue weighted by Crippen LogP contribution is 2.39. The van der Waals surface area contributed by atoms with E-state index in [0.717, 1.165) is 18.5 Å². The van der Waals surface area contributed by atoms with Gasteiger partial charge in [0, 0.05) is 25.2 Å². The fourth-order valence-electron chi connectivity index (χ4n) is 3.22. The summed E-state index contributed by atoms with van der Waals surface area (Å²) >= 11 is 0. The van der Waals surface area contributed by atoms with Gasteiger partial charge in [0.1, 0.15) is 5.82 Å². The predicted molar refractivity (Wildman–Crippen MR) is 85.5 cm³/mol. The van der Waals surface area contributed by atoms with E-state index in [-0.39, 0.29) is 10.9 Å². The first kappa shape index (κ1) is 15.7.